The molecule has 0 radical (unpaired) electrons. The summed E-state index contributed by atoms with van der Waals surface area (Å²) >= 11 is 0. The van der Waals surface area contributed by atoms with Crippen LogP contribution in [0, 0.1) is 0 Å². The molecule has 8 heteroatoms. The predicted molar refractivity (Wildman–Crippen MR) is 138 cm³/mol. The van der Waals surface area contributed by atoms with Crippen LogP contribution in [-0.2, 0) is 11.3 Å². The summed E-state index contributed by atoms with van der Waals surface area (Å²) < 4.78 is 3.10. The lowest BCUT2D eigenvalue weighted by molar-refractivity contribution is -0.645. The molecule has 2 aromatic carbocycles. The van der Waals surface area contributed by atoms with Crippen LogP contribution < -0.4 is 19.2 Å². The third-order valence-corrected chi connectivity index (χ3v) is 6.21. The predicted octanol–water partition coefficient (Wildman–Crippen LogP) is 3.84. The lowest BCUT2D eigenvalue weighted by atomic mass is 10.1. The fourth-order valence-corrected chi connectivity index (χ4v) is 4.23. The first kappa shape index (κ1) is 24.2. The summed E-state index contributed by atoms with van der Waals surface area (Å²) in [7, 11) is 8.18. The molecule has 0 fully saturated rings. The van der Waals surface area contributed by atoms with Crippen LogP contribution in [0.3, 0.4) is 0 Å². The summed E-state index contributed by atoms with van der Waals surface area (Å²) in [5.41, 5.74) is 4.65. The minimum atomic E-state index is -0.499. The van der Waals surface area contributed by atoms with Crippen molar-refractivity contribution in [1.29, 1.82) is 0 Å². The molecule has 8 nitrogen and oxygen atoms in total. The molecule has 0 aliphatic carbocycles. The molecule has 184 valence electrons. The van der Waals surface area contributed by atoms with E-state index in [4.69, 9.17) is 4.84 Å². The van der Waals surface area contributed by atoms with E-state index in [9.17, 15) is 15.0 Å². The second-order valence-electron chi connectivity index (χ2n) is 9.19. The van der Waals surface area contributed by atoms with E-state index in [1.165, 1.54) is 33.9 Å². The highest BCUT2D eigenvalue weighted by Gasteiger charge is 2.18. The Morgan fingerprint density at radius 3 is 1.86 bits per heavy atom. The maximum atomic E-state index is 12.1. The highest BCUT2D eigenvalue weighted by atomic mass is 16.7. The number of rotatable bonds is 9. The van der Waals surface area contributed by atoms with Gasteiger partial charge in [0.25, 0.3) is 0 Å². The molecule has 2 heterocycles. The van der Waals surface area contributed by atoms with Gasteiger partial charge in [0.05, 0.1) is 0 Å². The van der Waals surface area contributed by atoms with Gasteiger partial charge >= 0.3 is 5.97 Å². The number of hydrogen-bond donors (Lipinski definition) is 2. The molecular formula is C27H33N4O4+. The van der Waals surface area contributed by atoms with Gasteiger partial charge in [-0.1, -0.05) is 0 Å². The molecule has 0 saturated heterocycles. The van der Waals surface area contributed by atoms with Crippen LogP contribution in [0.1, 0.15) is 25.7 Å². The Bertz CT molecular complexity index is 1280. The minimum absolute atomic E-state index is 0.202. The summed E-state index contributed by atoms with van der Waals surface area (Å²) in [6.07, 6.45) is 2.58. The third-order valence-electron chi connectivity index (χ3n) is 6.21. The van der Waals surface area contributed by atoms with Gasteiger partial charge in [0.2, 0.25) is 22.8 Å². The fraction of sp³-hybridized carbons (Fsp3) is 0.333. The molecule has 35 heavy (non-hydrogen) atoms. The van der Waals surface area contributed by atoms with Crippen LogP contribution in [0.4, 0.5) is 11.4 Å². The maximum Gasteiger partial charge on any atom is 0.333 e. The van der Waals surface area contributed by atoms with Gasteiger partial charge in [-0.3, -0.25) is 0 Å². The van der Waals surface area contributed by atoms with E-state index < -0.39 is 5.97 Å². The van der Waals surface area contributed by atoms with Crippen molar-refractivity contribution in [1.82, 2.24) is 4.73 Å². The van der Waals surface area contributed by atoms with Gasteiger partial charge in [0.1, 0.15) is 6.54 Å². The second kappa shape index (κ2) is 10.1. The molecule has 0 aliphatic rings. The lowest BCUT2D eigenvalue weighted by Gasteiger charge is -2.15. The number of aromatic nitrogens is 2. The first-order chi connectivity index (χ1) is 16.7. The van der Waals surface area contributed by atoms with Gasteiger partial charge in [-0.25, -0.2) is 4.79 Å². The number of pyridine rings is 1. The first-order valence-electron chi connectivity index (χ1n) is 11.8. The summed E-state index contributed by atoms with van der Waals surface area (Å²) in [5.74, 6) is -1.13. The van der Waals surface area contributed by atoms with Gasteiger partial charge in [-0.05, 0) is 43.2 Å². The maximum absolute atomic E-state index is 12.1. The number of nitrogens with zero attached hydrogens (tertiary/aromatic N) is 4. The number of aromatic hydroxyl groups is 2. The Balaban J connectivity index is 1.51. The quantitative estimate of drug-likeness (QED) is 0.217. The highest BCUT2D eigenvalue weighted by Crippen LogP contribution is 2.25. The van der Waals surface area contributed by atoms with Crippen molar-refractivity contribution in [3.8, 4) is 11.8 Å². The van der Waals surface area contributed by atoms with Gasteiger partial charge < -0.3 is 24.9 Å². The van der Waals surface area contributed by atoms with Gasteiger partial charge in [-0.15, -0.1) is 4.73 Å². The summed E-state index contributed by atoms with van der Waals surface area (Å²) in [4.78, 5) is 21.4. The standard InChI is InChI=1S/C27H32N4O4/c1-28(2)21-11-9-19-16-20-10-12-22(29(3)4)18-24(20)30(23(19)17-21)15-7-5-6-8-27(34)35-31-25(32)13-14-26(31)33/h9-14,16-18H,5-8,15H2,1-4H3,(H-,32,33)/p+1. The van der Waals surface area contributed by atoms with Crippen LogP contribution in [0.25, 0.3) is 21.8 Å². The molecule has 0 atom stereocenters. The van der Waals surface area contributed by atoms with E-state index in [1.54, 1.807) is 0 Å². The molecule has 0 unspecified atom stereocenters. The van der Waals surface area contributed by atoms with E-state index in [0.717, 1.165) is 35.5 Å². The summed E-state index contributed by atoms with van der Waals surface area (Å²) in [6, 6.07) is 17.8. The normalized spacial score (nSPS) is 11.2. The number of anilines is 2. The minimum Gasteiger partial charge on any atom is -0.492 e. The number of hydrogen-bond acceptors (Lipinski definition) is 6. The Morgan fingerprint density at radius 1 is 0.800 bits per heavy atom. The number of fused-ring (bicyclic) bond motifs is 2. The Labute approximate surface area is 205 Å². The Kier molecular flexibility index (Phi) is 7.00. The fourth-order valence-electron chi connectivity index (χ4n) is 4.23. The van der Waals surface area contributed by atoms with E-state index in [1.807, 2.05) is 28.2 Å². The number of aryl methyl sites for hydroxylation is 1. The molecule has 2 N–H and O–H groups in total. The van der Waals surface area contributed by atoms with Crippen LogP contribution in [0.5, 0.6) is 11.8 Å². The molecule has 0 bridgehead atoms. The highest BCUT2D eigenvalue weighted by molar-refractivity contribution is 5.91. The number of carbonyl (C=O) groups excluding carboxylic acids is 1. The monoisotopic (exact) mass is 477 g/mol. The molecular weight excluding hydrogens is 444 g/mol. The van der Waals surface area contributed by atoms with Gasteiger partial charge in [0.15, 0.2) is 0 Å². The van der Waals surface area contributed by atoms with Crippen molar-refractivity contribution in [2.75, 3.05) is 38.0 Å². The smallest absolute Gasteiger partial charge is 0.333 e. The Morgan fingerprint density at radius 2 is 1.34 bits per heavy atom. The van der Waals surface area contributed by atoms with Crippen LogP contribution in [0.2, 0.25) is 0 Å². The average molecular weight is 478 g/mol. The summed E-state index contributed by atoms with van der Waals surface area (Å²) in [6.45, 7) is 0.815. The van der Waals surface area contributed by atoms with Crippen molar-refractivity contribution >= 4 is 39.1 Å². The van der Waals surface area contributed by atoms with Crippen molar-refractivity contribution in [3.05, 3.63) is 54.6 Å². The van der Waals surface area contributed by atoms with E-state index in [-0.39, 0.29) is 18.2 Å². The molecule has 0 aliphatic heterocycles. The SMILES string of the molecule is CN(C)c1ccc2cc3ccc(N(C)C)cc3[n+](CCCCCC(=O)On3c(O)ccc3O)c2c1. The van der Waals surface area contributed by atoms with Gasteiger partial charge in [-0.2, -0.15) is 4.57 Å². The van der Waals surface area contributed by atoms with E-state index in [0.29, 0.717) is 6.42 Å². The number of benzene rings is 2. The van der Waals surface area contributed by atoms with Gasteiger partial charge in [0, 0.05) is 87.4 Å². The zero-order valence-electron chi connectivity index (χ0n) is 20.7. The second-order valence-corrected chi connectivity index (χ2v) is 9.19. The number of carbonyl (C=O) groups is 1. The van der Waals surface area contributed by atoms with Crippen molar-refractivity contribution < 1.29 is 24.4 Å². The summed E-state index contributed by atoms with van der Waals surface area (Å²) in [5, 5.41) is 21.6. The molecule has 0 amide bonds. The van der Waals surface area contributed by atoms with Crippen molar-refractivity contribution in [2.45, 2.75) is 32.2 Å². The molecule has 4 rings (SSSR count). The van der Waals surface area contributed by atoms with Crippen LogP contribution >= 0.6 is 0 Å². The zero-order chi connectivity index (χ0) is 25.1. The Hall–Kier alpha value is -3.94. The largest absolute Gasteiger partial charge is 0.492 e. The van der Waals surface area contributed by atoms with E-state index >= 15 is 0 Å². The zero-order valence-corrected chi connectivity index (χ0v) is 20.7. The number of unbranched alkanes of at least 4 members (excludes halogenated alkanes) is 2. The van der Waals surface area contributed by atoms with E-state index in [2.05, 4.69) is 56.8 Å². The van der Waals surface area contributed by atoms with Crippen molar-refractivity contribution in [2.24, 2.45) is 0 Å². The third kappa shape index (κ3) is 5.26. The topological polar surface area (TPSA) is 82.0 Å². The average Bonchev–Trinajstić information content (AvgIpc) is 3.14. The molecule has 4 aromatic rings. The lowest BCUT2D eigenvalue weighted by Crippen LogP contribution is -2.36. The van der Waals surface area contributed by atoms with Crippen LogP contribution in [-0.4, -0.2) is 49.1 Å². The first-order valence-corrected chi connectivity index (χ1v) is 11.8. The molecule has 0 saturated carbocycles. The van der Waals surface area contributed by atoms with Crippen LogP contribution in [0.15, 0.2) is 54.6 Å². The molecule has 2 aromatic heterocycles. The van der Waals surface area contributed by atoms with Crippen molar-refractivity contribution in [3.63, 3.8) is 0 Å². The molecule has 0 spiro atoms.